The normalized spacial score (nSPS) is 28.4. The van der Waals surface area contributed by atoms with Crippen LogP contribution >= 0.6 is 11.6 Å². The molecule has 0 radical (unpaired) electrons. The van der Waals surface area contributed by atoms with Crippen molar-refractivity contribution in [1.29, 1.82) is 0 Å². The predicted octanol–water partition coefficient (Wildman–Crippen LogP) is 4.09. The third-order valence-electron chi connectivity index (χ3n) is 4.47. The number of benzene rings is 1. The first kappa shape index (κ1) is 11.4. The number of fused-ring (bicyclic) bond motifs is 1. The molecule has 2 saturated carbocycles. The fraction of sp³-hybridized carbons (Fsp3) is 0.400. The number of halogens is 1. The summed E-state index contributed by atoms with van der Waals surface area (Å²) in [6, 6.07) is 7.72. The van der Waals surface area contributed by atoms with E-state index in [4.69, 9.17) is 21.9 Å². The molecular weight excluding hydrogens is 260 g/mol. The molecule has 3 nitrogen and oxygen atoms in total. The Morgan fingerprint density at radius 3 is 2.74 bits per heavy atom. The lowest BCUT2D eigenvalue weighted by atomic mass is 9.94. The highest BCUT2D eigenvalue weighted by Crippen LogP contribution is 2.58. The van der Waals surface area contributed by atoms with E-state index in [0.29, 0.717) is 16.8 Å². The van der Waals surface area contributed by atoms with Crippen LogP contribution in [-0.4, -0.2) is 5.16 Å². The first-order chi connectivity index (χ1) is 9.22. The van der Waals surface area contributed by atoms with Crippen molar-refractivity contribution in [1.82, 2.24) is 5.16 Å². The molecule has 4 heteroatoms. The summed E-state index contributed by atoms with van der Waals surface area (Å²) in [6.07, 6.45) is 3.83. The van der Waals surface area contributed by atoms with Gasteiger partial charge in [-0.1, -0.05) is 28.9 Å². The molecule has 4 rings (SSSR count). The molecule has 1 heterocycles. The molecule has 0 aliphatic heterocycles. The molecule has 1 aromatic heterocycles. The number of hydrogen-bond acceptors (Lipinski definition) is 3. The van der Waals surface area contributed by atoms with E-state index in [2.05, 4.69) is 5.16 Å². The number of nitrogens with zero attached hydrogens (tertiary/aromatic N) is 1. The summed E-state index contributed by atoms with van der Waals surface area (Å²) in [7, 11) is 0. The van der Waals surface area contributed by atoms with Crippen LogP contribution in [0.4, 0.5) is 5.82 Å². The van der Waals surface area contributed by atoms with Crippen LogP contribution < -0.4 is 5.73 Å². The fourth-order valence-corrected chi connectivity index (χ4v) is 3.65. The van der Waals surface area contributed by atoms with Gasteiger partial charge in [-0.15, -0.1) is 0 Å². The van der Waals surface area contributed by atoms with E-state index in [-0.39, 0.29) is 0 Å². The highest BCUT2D eigenvalue weighted by atomic mass is 35.5. The minimum absolute atomic E-state index is 0.470. The highest BCUT2D eigenvalue weighted by Gasteiger charge is 2.48. The van der Waals surface area contributed by atoms with Crippen molar-refractivity contribution in [2.75, 3.05) is 5.73 Å². The number of nitrogen functional groups attached to an aromatic ring is 1. The van der Waals surface area contributed by atoms with Gasteiger partial charge in [0.2, 0.25) is 0 Å². The summed E-state index contributed by atoms with van der Waals surface area (Å²) in [6.45, 7) is 0. The van der Waals surface area contributed by atoms with Gasteiger partial charge in [0.05, 0.1) is 5.56 Å². The van der Waals surface area contributed by atoms with Gasteiger partial charge >= 0.3 is 0 Å². The van der Waals surface area contributed by atoms with Crippen LogP contribution in [0.1, 0.15) is 30.9 Å². The van der Waals surface area contributed by atoms with Gasteiger partial charge in [-0.05, 0) is 48.8 Å². The van der Waals surface area contributed by atoms with Crippen molar-refractivity contribution in [3.8, 4) is 11.1 Å². The van der Waals surface area contributed by atoms with Crippen LogP contribution in [0.25, 0.3) is 11.1 Å². The molecule has 2 N–H and O–H groups in total. The number of hydrogen-bond donors (Lipinski definition) is 1. The number of anilines is 1. The van der Waals surface area contributed by atoms with Gasteiger partial charge in [0.25, 0.3) is 0 Å². The van der Waals surface area contributed by atoms with Crippen molar-refractivity contribution in [3.63, 3.8) is 0 Å². The van der Waals surface area contributed by atoms with Gasteiger partial charge in [0, 0.05) is 10.9 Å². The van der Waals surface area contributed by atoms with Gasteiger partial charge in [0.1, 0.15) is 5.76 Å². The Kier molecular flexibility index (Phi) is 2.39. The van der Waals surface area contributed by atoms with Crippen LogP contribution in [0.3, 0.4) is 0 Å². The SMILES string of the molecule is Nc1noc(C2CC3CC3C2)c1-c1cccc(Cl)c1. The van der Waals surface area contributed by atoms with Crippen molar-refractivity contribution < 1.29 is 4.52 Å². The van der Waals surface area contributed by atoms with Gasteiger partial charge in [-0.25, -0.2) is 0 Å². The summed E-state index contributed by atoms with van der Waals surface area (Å²) in [5.41, 5.74) is 7.93. The number of nitrogens with two attached hydrogens (primary N) is 1. The lowest BCUT2D eigenvalue weighted by Gasteiger charge is -2.10. The summed E-state index contributed by atoms with van der Waals surface area (Å²) < 4.78 is 5.52. The Balaban J connectivity index is 1.76. The van der Waals surface area contributed by atoms with Gasteiger partial charge in [-0.3, -0.25) is 0 Å². The Labute approximate surface area is 116 Å². The molecule has 2 aromatic rings. The minimum atomic E-state index is 0.470. The van der Waals surface area contributed by atoms with Gasteiger partial charge < -0.3 is 10.3 Å². The third-order valence-corrected chi connectivity index (χ3v) is 4.71. The number of rotatable bonds is 2. The standard InChI is InChI=1S/C15H15ClN2O/c16-12-3-1-2-8(7-12)13-14(19-18-15(13)17)11-5-9-4-10(9)6-11/h1-3,7,9-11H,4-6H2,(H2,17,18). The zero-order valence-corrected chi connectivity index (χ0v) is 11.2. The van der Waals surface area contributed by atoms with E-state index < -0.39 is 0 Å². The van der Waals surface area contributed by atoms with Crippen LogP contribution in [0.2, 0.25) is 5.02 Å². The quantitative estimate of drug-likeness (QED) is 0.897. The lowest BCUT2D eigenvalue weighted by Crippen LogP contribution is -1.97. The van der Waals surface area contributed by atoms with E-state index >= 15 is 0 Å². The second kappa shape index (κ2) is 4.01. The summed E-state index contributed by atoms with van der Waals surface area (Å²) in [4.78, 5) is 0. The van der Waals surface area contributed by atoms with Crippen molar-refractivity contribution in [3.05, 3.63) is 35.0 Å². The summed E-state index contributed by atoms with van der Waals surface area (Å²) in [5, 5.41) is 4.67. The zero-order valence-electron chi connectivity index (χ0n) is 10.5. The maximum Gasteiger partial charge on any atom is 0.175 e. The Bertz CT molecular complexity index is 627. The van der Waals surface area contributed by atoms with E-state index in [1.54, 1.807) is 0 Å². The van der Waals surface area contributed by atoms with Crippen molar-refractivity contribution in [2.24, 2.45) is 11.8 Å². The molecule has 0 bridgehead atoms. The van der Waals surface area contributed by atoms with Gasteiger partial charge in [0.15, 0.2) is 5.82 Å². The molecule has 0 saturated heterocycles. The van der Waals surface area contributed by atoms with E-state index in [1.165, 1.54) is 19.3 Å². The molecule has 2 unspecified atom stereocenters. The largest absolute Gasteiger partial charge is 0.380 e. The molecule has 2 aliphatic carbocycles. The highest BCUT2D eigenvalue weighted by molar-refractivity contribution is 6.30. The van der Waals surface area contributed by atoms with Crippen LogP contribution in [0.15, 0.2) is 28.8 Å². The third kappa shape index (κ3) is 1.84. The minimum Gasteiger partial charge on any atom is -0.380 e. The average Bonchev–Trinajstić information content (AvgIpc) is 2.84. The predicted molar refractivity (Wildman–Crippen MR) is 74.9 cm³/mol. The van der Waals surface area contributed by atoms with Crippen LogP contribution in [-0.2, 0) is 0 Å². The van der Waals surface area contributed by atoms with Gasteiger partial charge in [-0.2, -0.15) is 0 Å². The first-order valence-electron chi connectivity index (χ1n) is 6.73. The van der Waals surface area contributed by atoms with E-state index in [0.717, 1.165) is 28.7 Å². The van der Waals surface area contributed by atoms with Crippen molar-refractivity contribution in [2.45, 2.75) is 25.2 Å². The maximum absolute atomic E-state index is 6.06. The molecule has 0 spiro atoms. The monoisotopic (exact) mass is 274 g/mol. The Morgan fingerprint density at radius 1 is 1.21 bits per heavy atom. The van der Waals surface area contributed by atoms with E-state index in [9.17, 15) is 0 Å². The smallest absolute Gasteiger partial charge is 0.175 e. The molecule has 98 valence electrons. The van der Waals surface area contributed by atoms with Crippen molar-refractivity contribution >= 4 is 17.4 Å². The topological polar surface area (TPSA) is 52.0 Å². The second-order valence-corrected chi connectivity index (χ2v) is 6.18. The molecule has 2 atom stereocenters. The Morgan fingerprint density at radius 2 is 2.00 bits per heavy atom. The molecular formula is C15H15ClN2O. The summed E-state index contributed by atoms with van der Waals surface area (Å²) >= 11 is 6.06. The second-order valence-electron chi connectivity index (χ2n) is 5.74. The molecule has 2 fully saturated rings. The average molecular weight is 275 g/mol. The zero-order chi connectivity index (χ0) is 13.0. The molecule has 2 aliphatic rings. The summed E-state index contributed by atoms with van der Waals surface area (Å²) in [5.74, 6) is 3.71. The van der Waals surface area contributed by atoms with E-state index in [1.807, 2.05) is 24.3 Å². The molecule has 19 heavy (non-hydrogen) atoms. The molecule has 1 aromatic carbocycles. The van der Waals surface area contributed by atoms with Crippen LogP contribution in [0.5, 0.6) is 0 Å². The lowest BCUT2D eigenvalue weighted by molar-refractivity contribution is 0.356. The maximum atomic E-state index is 6.06. The molecule has 0 amide bonds. The first-order valence-corrected chi connectivity index (χ1v) is 7.11. The fourth-order valence-electron chi connectivity index (χ4n) is 3.46. The Hall–Kier alpha value is -1.48. The number of aromatic nitrogens is 1. The van der Waals surface area contributed by atoms with Crippen LogP contribution in [0, 0.1) is 11.8 Å².